The maximum atomic E-state index is 12.0. The molecule has 1 aromatic rings. The van der Waals surface area contributed by atoms with Crippen LogP contribution in [0.15, 0.2) is 18.2 Å². The Morgan fingerprint density at radius 2 is 2.21 bits per heavy atom. The van der Waals surface area contributed by atoms with Gasteiger partial charge in [-0.05, 0) is 31.0 Å². The minimum absolute atomic E-state index is 0.0670. The topological polar surface area (TPSA) is 66.8 Å². The third kappa shape index (κ3) is 2.70. The quantitative estimate of drug-likeness (QED) is 0.909. The van der Waals surface area contributed by atoms with Crippen molar-refractivity contribution < 1.29 is 19.4 Å². The Balaban J connectivity index is 2.39. The Hall–Kier alpha value is -2.04. The van der Waals surface area contributed by atoms with Gasteiger partial charge in [0.05, 0.1) is 24.8 Å². The van der Waals surface area contributed by atoms with Crippen molar-refractivity contribution >= 4 is 17.7 Å². The Labute approximate surface area is 111 Å². The van der Waals surface area contributed by atoms with Crippen LogP contribution < -0.4 is 4.90 Å². The number of cyclic esters (lactones) is 1. The van der Waals surface area contributed by atoms with Crippen LogP contribution in [0, 0.1) is 13.8 Å². The van der Waals surface area contributed by atoms with E-state index in [-0.39, 0.29) is 19.1 Å². The lowest BCUT2D eigenvalue weighted by Gasteiger charge is -2.35. The summed E-state index contributed by atoms with van der Waals surface area (Å²) in [4.78, 5) is 24.4. The van der Waals surface area contributed by atoms with Crippen LogP contribution in [-0.4, -0.2) is 29.8 Å². The molecule has 1 fully saturated rings. The smallest absolute Gasteiger partial charge is 0.414 e. The van der Waals surface area contributed by atoms with Gasteiger partial charge in [0, 0.05) is 6.42 Å². The van der Waals surface area contributed by atoms with E-state index in [0.29, 0.717) is 6.42 Å². The SMILES string of the molecule is Cc1cccc(N2C(=O)OCCC2CC(=O)O)c1C. The molecule has 0 saturated carbocycles. The van der Waals surface area contributed by atoms with E-state index in [9.17, 15) is 9.59 Å². The zero-order valence-electron chi connectivity index (χ0n) is 11.0. The lowest BCUT2D eigenvalue weighted by Crippen LogP contribution is -2.47. The summed E-state index contributed by atoms with van der Waals surface area (Å²) >= 11 is 0. The highest BCUT2D eigenvalue weighted by Crippen LogP contribution is 2.29. The average Bonchev–Trinajstić information content (AvgIpc) is 2.33. The number of anilines is 1. The first-order valence-electron chi connectivity index (χ1n) is 6.24. The number of hydrogen-bond donors (Lipinski definition) is 1. The van der Waals surface area contributed by atoms with Gasteiger partial charge in [0.15, 0.2) is 0 Å². The van der Waals surface area contributed by atoms with Crippen molar-refractivity contribution in [1.29, 1.82) is 0 Å². The van der Waals surface area contributed by atoms with Crippen LogP contribution >= 0.6 is 0 Å². The molecule has 1 aromatic carbocycles. The van der Waals surface area contributed by atoms with Gasteiger partial charge in [-0.3, -0.25) is 9.69 Å². The molecule has 1 N–H and O–H groups in total. The summed E-state index contributed by atoms with van der Waals surface area (Å²) in [5, 5.41) is 8.96. The Kier molecular flexibility index (Phi) is 3.74. The fourth-order valence-corrected chi connectivity index (χ4v) is 2.32. The maximum absolute atomic E-state index is 12.0. The number of aryl methyl sites for hydroxylation is 1. The highest BCUT2D eigenvalue weighted by molar-refractivity contribution is 5.91. The first-order chi connectivity index (χ1) is 9.00. The second-order valence-corrected chi connectivity index (χ2v) is 4.74. The first kappa shape index (κ1) is 13.4. The number of carbonyl (C=O) groups excluding carboxylic acids is 1. The highest BCUT2D eigenvalue weighted by atomic mass is 16.6. The molecule has 0 spiro atoms. The largest absolute Gasteiger partial charge is 0.481 e. The molecule has 0 bridgehead atoms. The fraction of sp³-hybridized carbons (Fsp3) is 0.429. The molecular formula is C14H17NO4. The summed E-state index contributed by atoms with van der Waals surface area (Å²) in [6, 6.07) is 5.29. The van der Waals surface area contributed by atoms with Crippen molar-refractivity contribution in [1.82, 2.24) is 0 Å². The van der Waals surface area contributed by atoms with Gasteiger partial charge in [-0.1, -0.05) is 12.1 Å². The fourth-order valence-electron chi connectivity index (χ4n) is 2.32. The minimum atomic E-state index is -0.907. The van der Waals surface area contributed by atoms with Crippen molar-refractivity contribution in [2.75, 3.05) is 11.5 Å². The van der Waals surface area contributed by atoms with Crippen molar-refractivity contribution in [3.63, 3.8) is 0 Å². The summed E-state index contributed by atoms with van der Waals surface area (Å²) in [5.41, 5.74) is 2.76. The number of nitrogens with zero attached hydrogens (tertiary/aromatic N) is 1. The van der Waals surface area contributed by atoms with E-state index in [1.54, 1.807) is 0 Å². The van der Waals surface area contributed by atoms with E-state index < -0.39 is 12.1 Å². The number of rotatable bonds is 3. The van der Waals surface area contributed by atoms with Gasteiger partial charge in [0.2, 0.25) is 0 Å². The van der Waals surface area contributed by atoms with Gasteiger partial charge >= 0.3 is 12.1 Å². The zero-order chi connectivity index (χ0) is 14.0. The molecule has 19 heavy (non-hydrogen) atoms. The minimum Gasteiger partial charge on any atom is -0.481 e. The number of ether oxygens (including phenoxy) is 1. The number of hydrogen-bond acceptors (Lipinski definition) is 3. The second kappa shape index (κ2) is 5.30. The predicted octanol–water partition coefficient (Wildman–Crippen LogP) is 2.49. The van der Waals surface area contributed by atoms with Gasteiger partial charge in [0.25, 0.3) is 0 Å². The summed E-state index contributed by atoms with van der Waals surface area (Å²) in [5.74, 6) is -0.907. The molecule has 0 radical (unpaired) electrons. The molecule has 0 aromatic heterocycles. The highest BCUT2D eigenvalue weighted by Gasteiger charge is 2.33. The molecule has 1 atom stereocenters. The standard InChI is InChI=1S/C14H17NO4/c1-9-4-3-5-12(10(9)2)15-11(8-13(16)17)6-7-19-14(15)18/h3-5,11H,6-8H2,1-2H3,(H,16,17). The lowest BCUT2D eigenvalue weighted by molar-refractivity contribution is -0.137. The number of carboxylic acids is 1. The molecule has 5 heteroatoms. The second-order valence-electron chi connectivity index (χ2n) is 4.74. The van der Waals surface area contributed by atoms with Crippen LogP contribution in [-0.2, 0) is 9.53 Å². The molecule has 1 aliphatic rings. The van der Waals surface area contributed by atoms with Gasteiger partial charge < -0.3 is 9.84 Å². The van der Waals surface area contributed by atoms with E-state index in [0.717, 1.165) is 16.8 Å². The van der Waals surface area contributed by atoms with Crippen LogP contribution in [0.3, 0.4) is 0 Å². The number of amides is 1. The summed E-state index contributed by atoms with van der Waals surface area (Å²) < 4.78 is 5.05. The molecule has 1 saturated heterocycles. The zero-order valence-corrected chi connectivity index (χ0v) is 11.0. The van der Waals surface area contributed by atoms with E-state index in [1.807, 2.05) is 32.0 Å². The molecule has 1 amide bonds. The summed E-state index contributed by atoms with van der Waals surface area (Å²) in [6.45, 7) is 4.16. The Morgan fingerprint density at radius 3 is 2.89 bits per heavy atom. The summed E-state index contributed by atoms with van der Waals surface area (Å²) in [6.07, 6.45) is -0.000307. The van der Waals surface area contributed by atoms with Gasteiger partial charge in [-0.25, -0.2) is 4.79 Å². The number of benzene rings is 1. The van der Waals surface area contributed by atoms with E-state index >= 15 is 0 Å². The third-order valence-corrected chi connectivity index (χ3v) is 3.48. The molecule has 102 valence electrons. The van der Waals surface area contributed by atoms with E-state index in [4.69, 9.17) is 9.84 Å². The maximum Gasteiger partial charge on any atom is 0.414 e. The van der Waals surface area contributed by atoms with Gasteiger partial charge in [-0.2, -0.15) is 0 Å². The molecule has 0 aliphatic carbocycles. The molecule has 1 heterocycles. The molecule has 2 rings (SSSR count). The van der Waals surface area contributed by atoms with E-state index in [1.165, 1.54) is 4.90 Å². The van der Waals surface area contributed by atoms with E-state index in [2.05, 4.69) is 0 Å². The van der Waals surface area contributed by atoms with Crippen molar-refractivity contribution in [2.24, 2.45) is 0 Å². The molecular weight excluding hydrogens is 246 g/mol. The van der Waals surface area contributed by atoms with Crippen LogP contribution in [0.1, 0.15) is 24.0 Å². The predicted molar refractivity (Wildman–Crippen MR) is 70.4 cm³/mol. The third-order valence-electron chi connectivity index (χ3n) is 3.48. The molecule has 1 unspecified atom stereocenters. The Morgan fingerprint density at radius 1 is 1.47 bits per heavy atom. The number of carbonyl (C=O) groups is 2. The monoisotopic (exact) mass is 263 g/mol. The Bertz CT molecular complexity index is 512. The molecule has 1 aliphatic heterocycles. The first-order valence-corrected chi connectivity index (χ1v) is 6.24. The van der Waals surface area contributed by atoms with Crippen molar-refractivity contribution in [3.8, 4) is 0 Å². The van der Waals surface area contributed by atoms with Crippen LogP contribution in [0.2, 0.25) is 0 Å². The normalized spacial score (nSPS) is 19.2. The van der Waals surface area contributed by atoms with Gasteiger partial charge in [0.1, 0.15) is 0 Å². The summed E-state index contributed by atoms with van der Waals surface area (Å²) in [7, 11) is 0. The van der Waals surface area contributed by atoms with Gasteiger partial charge in [-0.15, -0.1) is 0 Å². The van der Waals surface area contributed by atoms with Crippen LogP contribution in [0.25, 0.3) is 0 Å². The number of carboxylic acid groups (broad SMARTS) is 1. The lowest BCUT2D eigenvalue weighted by atomic mass is 10.0. The number of aliphatic carboxylic acids is 1. The average molecular weight is 263 g/mol. The van der Waals surface area contributed by atoms with Crippen molar-refractivity contribution in [3.05, 3.63) is 29.3 Å². The molecule has 5 nitrogen and oxygen atoms in total. The van der Waals surface area contributed by atoms with Crippen LogP contribution in [0.5, 0.6) is 0 Å². The van der Waals surface area contributed by atoms with Crippen LogP contribution in [0.4, 0.5) is 10.5 Å². The van der Waals surface area contributed by atoms with Crippen molar-refractivity contribution in [2.45, 2.75) is 32.7 Å².